The van der Waals surface area contributed by atoms with E-state index in [0.29, 0.717) is 0 Å². The van der Waals surface area contributed by atoms with Gasteiger partial charge in [0.05, 0.1) is 7.11 Å². The third-order valence-corrected chi connectivity index (χ3v) is 4.70. The topological polar surface area (TPSA) is 49.8 Å². The van der Waals surface area contributed by atoms with Gasteiger partial charge in [0.1, 0.15) is 0 Å². The summed E-state index contributed by atoms with van der Waals surface area (Å²) >= 11 is 0. The van der Waals surface area contributed by atoms with Gasteiger partial charge in [0.15, 0.2) is 6.10 Å². The van der Waals surface area contributed by atoms with E-state index < -0.39 is 12.1 Å². The molecule has 22 heavy (non-hydrogen) atoms. The molecule has 1 saturated heterocycles. The molecule has 4 heteroatoms. The van der Waals surface area contributed by atoms with Gasteiger partial charge in [-0.2, -0.15) is 0 Å². The van der Waals surface area contributed by atoms with Crippen LogP contribution in [-0.2, 0) is 14.9 Å². The fourth-order valence-corrected chi connectivity index (χ4v) is 3.28. The normalized spacial score (nSPS) is 18.9. The summed E-state index contributed by atoms with van der Waals surface area (Å²) in [6, 6.07) is 10.5. The lowest BCUT2D eigenvalue weighted by Gasteiger charge is -2.38. The van der Waals surface area contributed by atoms with Crippen LogP contribution in [0.2, 0.25) is 0 Å². The SMILES string of the molecule is COC(=O)C(O)C1CCN(CC(C)(C)c2ccccc2)CC1. The van der Waals surface area contributed by atoms with E-state index >= 15 is 0 Å². The van der Waals surface area contributed by atoms with Gasteiger partial charge < -0.3 is 14.7 Å². The first-order chi connectivity index (χ1) is 10.4. The molecule has 0 aliphatic carbocycles. The lowest BCUT2D eigenvalue weighted by molar-refractivity contribution is -0.154. The number of carbonyl (C=O) groups is 1. The van der Waals surface area contributed by atoms with Crippen LogP contribution < -0.4 is 0 Å². The van der Waals surface area contributed by atoms with Crippen molar-refractivity contribution in [1.29, 1.82) is 0 Å². The molecule has 0 spiro atoms. The summed E-state index contributed by atoms with van der Waals surface area (Å²) in [7, 11) is 1.32. The first-order valence-corrected chi connectivity index (χ1v) is 7.98. The van der Waals surface area contributed by atoms with Gasteiger partial charge in [-0.05, 0) is 37.4 Å². The summed E-state index contributed by atoms with van der Waals surface area (Å²) in [4.78, 5) is 13.8. The monoisotopic (exact) mass is 305 g/mol. The summed E-state index contributed by atoms with van der Waals surface area (Å²) in [5.74, 6) is -0.494. The minimum atomic E-state index is -0.978. The Balaban J connectivity index is 1.88. The second-order valence-electron chi connectivity index (χ2n) is 6.83. The van der Waals surface area contributed by atoms with Crippen LogP contribution in [0.1, 0.15) is 32.3 Å². The molecule has 1 N–H and O–H groups in total. The molecule has 1 aliphatic heterocycles. The molecule has 122 valence electrons. The van der Waals surface area contributed by atoms with Crippen LogP contribution in [0.5, 0.6) is 0 Å². The van der Waals surface area contributed by atoms with Crippen LogP contribution in [0.4, 0.5) is 0 Å². The maximum absolute atomic E-state index is 11.4. The molecular weight excluding hydrogens is 278 g/mol. The van der Waals surface area contributed by atoms with Crippen molar-refractivity contribution in [3.63, 3.8) is 0 Å². The van der Waals surface area contributed by atoms with E-state index in [1.165, 1.54) is 12.7 Å². The summed E-state index contributed by atoms with van der Waals surface area (Å²) in [6.45, 7) is 7.33. The van der Waals surface area contributed by atoms with E-state index in [2.05, 4.69) is 47.7 Å². The van der Waals surface area contributed by atoms with Crippen molar-refractivity contribution < 1.29 is 14.6 Å². The van der Waals surface area contributed by atoms with E-state index in [1.807, 2.05) is 6.07 Å². The molecule has 4 nitrogen and oxygen atoms in total. The van der Waals surface area contributed by atoms with Crippen molar-refractivity contribution in [2.24, 2.45) is 5.92 Å². The molecule has 1 aliphatic rings. The van der Waals surface area contributed by atoms with Crippen LogP contribution in [0.3, 0.4) is 0 Å². The Labute approximate surface area is 133 Å². The number of rotatable bonds is 5. The molecular formula is C18H27NO3. The molecule has 1 unspecified atom stereocenters. The Morgan fingerprint density at radius 2 is 1.91 bits per heavy atom. The Hall–Kier alpha value is -1.39. The maximum atomic E-state index is 11.4. The highest BCUT2D eigenvalue weighted by molar-refractivity contribution is 5.74. The number of likely N-dealkylation sites (tertiary alicyclic amines) is 1. The zero-order valence-corrected chi connectivity index (χ0v) is 13.8. The fraction of sp³-hybridized carbons (Fsp3) is 0.611. The van der Waals surface area contributed by atoms with E-state index in [4.69, 9.17) is 0 Å². The second kappa shape index (κ2) is 7.25. The predicted molar refractivity (Wildman–Crippen MR) is 86.7 cm³/mol. The highest BCUT2D eigenvalue weighted by atomic mass is 16.5. The number of nitrogens with zero attached hydrogens (tertiary/aromatic N) is 1. The molecule has 0 radical (unpaired) electrons. The van der Waals surface area contributed by atoms with Gasteiger partial charge in [-0.3, -0.25) is 0 Å². The second-order valence-corrected chi connectivity index (χ2v) is 6.83. The lowest BCUT2D eigenvalue weighted by atomic mass is 9.83. The molecule has 1 heterocycles. The number of aliphatic hydroxyl groups is 1. The number of ether oxygens (including phenoxy) is 1. The summed E-state index contributed by atoms with van der Waals surface area (Å²) in [6.07, 6.45) is 0.691. The van der Waals surface area contributed by atoms with Gasteiger partial charge in [-0.1, -0.05) is 44.2 Å². The van der Waals surface area contributed by atoms with Crippen LogP contribution >= 0.6 is 0 Å². The van der Waals surface area contributed by atoms with Gasteiger partial charge >= 0.3 is 5.97 Å². The average Bonchev–Trinajstić information content (AvgIpc) is 2.54. The van der Waals surface area contributed by atoms with Gasteiger partial charge in [0, 0.05) is 12.0 Å². The minimum absolute atomic E-state index is 0.0172. The molecule has 1 atom stereocenters. The molecule has 0 aromatic heterocycles. The van der Waals surface area contributed by atoms with Crippen molar-refractivity contribution >= 4 is 5.97 Å². The van der Waals surface area contributed by atoms with E-state index in [9.17, 15) is 9.90 Å². The third-order valence-electron chi connectivity index (χ3n) is 4.70. The van der Waals surface area contributed by atoms with Crippen LogP contribution in [-0.4, -0.2) is 48.8 Å². The first kappa shape index (κ1) is 17.0. The number of benzene rings is 1. The van der Waals surface area contributed by atoms with Crippen LogP contribution in [0.15, 0.2) is 30.3 Å². The van der Waals surface area contributed by atoms with Crippen molar-refractivity contribution in [3.8, 4) is 0 Å². The Kier molecular flexibility index (Phi) is 5.59. The third kappa shape index (κ3) is 4.08. The number of hydrogen-bond donors (Lipinski definition) is 1. The predicted octanol–water partition coefficient (Wildman–Crippen LogP) is 2.21. The Morgan fingerprint density at radius 3 is 2.45 bits per heavy atom. The molecule has 1 aromatic rings. The summed E-state index contributed by atoms with van der Waals surface area (Å²) < 4.78 is 4.63. The van der Waals surface area contributed by atoms with Gasteiger partial charge in [-0.25, -0.2) is 4.79 Å². The Bertz CT molecular complexity index is 478. The van der Waals surface area contributed by atoms with Crippen molar-refractivity contribution in [2.45, 2.75) is 38.2 Å². The quantitative estimate of drug-likeness (QED) is 0.847. The van der Waals surface area contributed by atoms with Gasteiger partial charge in [0.25, 0.3) is 0 Å². The largest absolute Gasteiger partial charge is 0.467 e. The van der Waals surface area contributed by atoms with E-state index in [0.717, 1.165) is 32.5 Å². The zero-order chi connectivity index (χ0) is 16.2. The highest BCUT2D eigenvalue weighted by Gasteiger charge is 2.32. The molecule has 2 rings (SSSR count). The summed E-state index contributed by atoms with van der Waals surface area (Å²) in [5.41, 5.74) is 1.43. The van der Waals surface area contributed by atoms with E-state index in [-0.39, 0.29) is 11.3 Å². The van der Waals surface area contributed by atoms with E-state index in [1.54, 1.807) is 0 Å². The molecule has 0 saturated carbocycles. The number of aliphatic hydroxyl groups excluding tert-OH is 1. The number of piperidine rings is 1. The van der Waals surface area contributed by atoms with Crippen LogP contribution in [0.25, 0.3) is 0 Å². The molecule has 0 bridgehead atoms. The lowest BCUT2D eigenvalue weighted by Crippen LogP contribution is -2.45. The number of hydrogen-bond acceptors (Lipinski definition) is 4. The van der Waals surface area contributed by atoms with Crippen LogP contribution in [0, 0.1) is 5.92 Å². The first-order valence-electron chi connectivity index (χ1n) is 7.98. The zero-order valence-electron chi connectivity index (χ0n) is 13.8. The minimum Gasteiger partial charge on any atom is -0.467 e. The van der Waals surface area contributed by atoms with Gasteiger partial charge in [-0.15, -0.1) is 0 Å². The van der Waals surface area contributed by atoms with Gasteiger partial charge in [0.2, 0.25) is 0 Å². The van der Waals surface area contributed by atoms with Crippen molar-refractivity contribution in [1.82, 2.24) is 4.90 Å². The molecule has 0 amide bonds. The molecule has 1 fully saturated rings. The Morgan fingerprint density at radius 1 is 1.32 bits per heavy atom. The number of methoxy groups -OCH3 is 1. The average molecular weight is 305 g/mol. The number of esters is 1. The number of carbonyl (C=O) groups excluding carboxylic acids is 1. The maximum Gasteiger partial charge on any atom is 0.334 e. The fourth-order valence-electron chi connectivity index (χ4n) is 3.28. The smallest absolute Gasteiger partial charge is 0.334 e. The van der Waals surface area contributed by atoms with Crippen molar-refractivity contribution in [3.05, 3.63) is 35.9 Å². The highest BCUT2D eigenvalue weighted by Crippen LogP contribution is 2.28. The summed E-state index contributed by atoms with van der Waals surface area (Å²) in [5, 5.41) is 9.95. The molecule has 1 aromatic carbocycles. The van der Waals surface area contributed by atoms with Crippen molar-refractivity contribution in [2.75, 3.05) is 26.7 Å². The standard InChI is InChI=1S/C18H27NO3/c1-18(2,15-7-5-4-6-8-15)13-19-11-9-14(10-12-19)16(20)17(21)22-3/h4-8,14,16,20H,9-13H2,1-3H3.